The Morgan fingerprint density at radius 2 is 1.74 bits per heavy atom. The van der Waals surface area contributed by atoms with Crippen LogP contribution in [0.2, 0.25) is 0 Å². The van der Waals surface area contributed by atoms with Crippen molar-refractivity contribution in [3.63, 3.8) is 0 Å². The molecule has 27 heavy (non-hydrogen) atoms. The summed E-state index contributed by atoms with van der Waals surface area (Å²) in [5, 5.41) is 1.88. The predicted octanol–water partition coefficient (Wildman–Crippen LogP) is 2.54. The van der Waals surface area contributed by atoms with E-state index in [1.54, 1.807) is 0 Å². The molecule has 1 aromatic carbocycles. The average Bonchev–Trinajstić information content (AvgIpc) is 2.98. The molecule has 0 bridgehead atoms. The molecule has 1 saturated heterocycles. The minimum absolute atomic E-state index is 0.159. The number of amides is 1. The van der Waals surface area contributed by atoms with Gasteiger partial charge in [0.15, 0.2) is 4.80 Å². The fourth-order valence-electron chi connectivity index (χ4n) is 3.67. The lowest BCUT2D eigenvalue weighted by molar-refractivity contribution is -0.122. The minimum atomic E-state index is -3.56. The molecule has 0 saturated carbocycles. The van der Waals surface area contributed by atoms with E-state index in [1.807, 2.05) is 56.1 Å². The van der Waals surface area contributed by atoms with Crippen LogP contribution in [-0.4, -0.2) is 36.3 Å². The van der Waals surface area contributed by atoms with Crippen molar-refractivity contribution in [3.05, 3.63) is 45.2 Å². The molecule has 146 valence electrons. The van der Waals surface area contributed by atoms with E-state index in [9.17, 15) is 13.2 Å². The number of benzene rings is 1. The highest BCUT2D eigenvalue weighted by atomic mass is 32.2. The molecule has 0 atom stereocenters. The summed E-state index contributed by atoms with van der Waals surface area (Å²) in [4.78, 5) is 17.7. The van der Waals surface area contributed by atoms with Gasteiger partial charge in [-0.1, -0.05) is 17.7 Å². The normalized spacial score (nSPS) is 17.4. The Labute approximate surface area is 164 Å². The smallest absolute Gasteiger partial charge is 0.251 e. The maximum Gasteiger partial charge on any atom is 0.251 e. The Kier molecular flexibility index (Phi) is 5.69. The fourth-order valence-corrected chi connectivity index (χ4v) is 6.28. The molecule has 1 fully saturated rings. The molecule has 8 heteroatoms. The largest absolute Gasteiger partial charge is 0.327 e. The summed E-state index contributed by atoms with van der Waals surface area (Å²) in [5.41, 5.74) is 2.59. The minimum Gasteiger partial charge on any atom is -0.327 e. The number of aryl methyl sites for hydroxylation is 4. The summed E-state index contributed by atoms with van der Waals surface area (Å²) in [6, 6.07) is 3.80. The van der Waals surface area contributed by atoms with Crippen LogP contribution in [0.15, 0.2) is 33.6 Å². The molecular formula is C19H25N3O3S2. The second-order valence-electron chi connectivity index (χ2n) is 7.15. The third kappa shape index (κ3) is 4.07. The summed E-state index contributed by atoms with van der Waals surface area (Å²) in [5.74, 6) is -0.383. The van der Waals surface area contributed by atoms with E-state index in [0.29, 0.717) is 35.6 Å². The Balaban J connectivity index is 1.76. The van der Waals surface area contributed by atoms with Crippen LogP contribution in [0.25, 0.3) is 0 Å². The summed E-state index contributed by atoms with van der Waals surface area (Å²) in [6.45, 7) is 6.33. The fraction of sp³-hybridized carbons (Fsp3) is 0.474. The lowest BCUT2D eigenvalue weighted by atomic mass is 9.98. The van der Waals surface area contributed by atoms with Crippen molar-refractivity contribution in [2.24, 2.45) is 18.0 Å². The molecule has 1 aromatic heterocycles. The standard InChI is InChI=1S/C19H25N3O3S2/c1-13-11-14(2)17(15(3)12-13)27(24,25)22-7-5-16(6-8-22)18(23)20-19-21(4)9-10-26-19/h9-12,16H,5-8H2,1-4H3. The van der Waals surface area contributed by atoms with Gasteiger partial charge in [0.1, 0.15) is 0 Å². The van der Waals surface area contributed by atoms with Crippen LogP contribution < -0.4 is 4.80 Å². The Morgan fingerprint density at radius 1 is 1.15 bits per heavy atom. The number of carbonyl (C=O) groups excluding carboxylic acids is 1. The van der Waals surface area contributed by atoms with Gasteiger partial charge in [-0.3, -0.25) is 4.79 Å². The number of rotatable bonds is 3. The van der Waals surface area contributed by atoms with Gasteiger partial charge in [-0.05, 0) is 44.7 Å². The highest BCUT2D eigenvalue weighted by molar-refractivity contribution is 7.89. The predicted molar refractivity (Wildman–Crippen MR) is 106 cm³/mol. The van der Waals surface area contributed by atoms with Gasteiger partial charge in [0.25, 0.3) is 5.91 Å². The van der Waals surface area contributed by atoms with Crippen LogP contribution in [0, 0.1) is 26.7 Å². The number of aromatic nitrogens is 1. The van der Waals surface area contributed by atoms with Gasteiger partial charge >= 0.3 is 0 Å². The zero-order valence-corrected chi connectivity index (χ0v) is 17.7. The van der Waals surface area contributed by atoms with Crippen molar-refractivity contribution in [1.29, 1.82) is 0 Å². The first-order chi connectivity index (χ1) is 12.7. The van der Waals surface area contributed by atoms with Crippen molar-refractivity contribution in [2.45, 2.75) is 38.5 Å². The van der Waals surface area contributed by atoms with Crippen molar-refractivity contribution in [3.8, 4) is 0 Å². The van der Waals surface area contributed by atoms with E-state index in [2.05, 4.69) is 4.99 Å². The molecule has 6 nitrogen and oxygen atoms in total. The van der Waals surface area contributed by atoms with E-state index in [4.69, 9.17) is 0 Å². The van der Waals surface area contributed by atoms with E-state index >= 15 is 0 Å². The molecule has 1 aliphatic heterocycles. The number of hydrogen-bond donors (Lipinski definition) is 0. The van der Waals surface area contributed by atoms with Gasteiger partial charge in [-0.2, -0.15) is 9.30 Å². The third-order valence-electron chi connectivity index (χ3n) is 4.97. The topological polar surface area (TPSA) is 71.7 Å². The Hall–Kier alpha value is -1.77. The first kappa shape index (κ1) is 20.0. The lowest BCUT2D eigenvalue weighted by Gasteiger charge is -2.30. The quantitative estimate of drug-likeness (QED) is 0.785. The molecular weight excluding hydrogens is 382 g/mol. The molecule has 0 spiro atoms. The van der Waals surface area contributed by atoms with Crippen LogP contribution in [-0.2, 0) is 21.9 Å². The SMILES string of the molecule is Cc1cc(C)c(S(=O)(=O)N2CCC(C(=O)N=c3sccn3C)CC2)c(C)c1. The monoisotopic (exact) mass is 407 g/mol. The van der Waals surface area contributed by atoms with Gasteiger partial charge in [0.05, 0.1) is 4.90 Å². The molecule has 3 rings (SSSR count). The second-order valence-corrected chi connectivity index (χ2v) is 9.90. The first-order valence-corrected chi connectivity index (χ1v) is 11.3. The van der Waals surface area contributed by atoms with Crippen molar-refractivity contribution in [1.82, 2.24) is 8.87 Å². The highest BCUT2D eigenvalue weighted by Crippen LogP contribution is 2.29. The van der Waals surface area contributed by atoms with Crippen molar-refractivity contribution >= 4 is 27.3 Å². The van der Waals surface area contributed by atoms with Crippen LogP contribution in [0.4, 0.5) is 0 Å². The van der Waals surface area contributed by atoms with Gasteiger partial charge < -0.3 is 4.57 Å². The summed E-state index contributed by atoms with van der Waals surface area (Å²) in [7, 11) is -1.71. The molecule has 0 aliphatic carbocycles. The summed E-state index contributed by atoms with van der Waals surface area (Å²) in [6.07, 6.45) is 2.86. The molecule has 1 amide bonds. The maximum absolute atomic E-state index is 13.1. The molecule has 2 heterocycles. The lowest BCUT2D eigenvalue weighted by Crippen LogP contribution is -2.40. The molecule has 1 aliphatic rings. The van der Waals surface area contributed by atoms with Gasteiger partial charge in [0, 0.05) is 37.6 Å². The second kappa shape index (κ2) is 7.69. The number of piperidine rings is 1. The highest BCUT2D eigenvalue weighted by Gasteiger charge is 2.33. The van der Waals surface area contributed by atoms with Gasteiger partial charge in [-0.25, -0.2) is 8.42 Å². The number of hydrogen-bond acceptors (Lipinski definition) is 4. The van der Waals surface area contributed by atoms with E-state index < -0.39 is 10.0 Å². The number of sulfonamides is 1. The summed E-state index contributed by atoms with van der Waals surface area (Å²) < 4.78 is 29.6. The molecule has 2 aromatic rings. The first-order valence-electron chi connectivity index (χ1n) is 8.97. The summed E-state index contributed by atoms with van der Waals surface area (Å²) >= 11 is 1.42. The maximum atomic E-state index is 13.1. The third-order valence-corrected chi connectivity index (χ3v) is 8.02. The molecule has 0 N–H and O–H groups in total. The van der Waals surface area contributed by atoms with Crippen molar-refractivity contribution in [2.75, 3.05) is 13.1 Å². The zero-order valence-electron chi connectivity index (χ0n) is 16.1. The van der Waals surface area contributed by atoms with Crippen molar-refractivity contribution < 1.29 is 13.2 Å². The van der Waals surface area contributed by atoms with Crippen LogP contribution >= 0.6 is 11.3 Å². The van der Waals surface area contributed by atoms with Gasteiger partial charge in [-0.15, -0.1) is 11.3 Å². The van der Waals surface area contributed by atoms with Crippen LogP contribution in [0.5, 0.6) is 0 Å². The average molecular weight is 408 g/mol. The Morgan fingerprint density at radius 3 is 2.26 bits per heavy atom. The van der Waals surface area contributed by atoms with E-state index in [0.717, 1.165) is 16.7 Å². The number of thiazole rings is 1. The van der Waals surface area contributed by atoms with Gasteiger partial charge in [0.2, 0.25) is 10.0 Å². The molecule has 0 radical (unpaired) electrons. The molecule has 0 unspecified atom stereocenters. The Bertz CT molecular complexity index is 1000. The van der Waals surface area contributed by atoms with E-state index in [1.165, 1.54) is 15.6 Å². The number of nitrogens with zero attached hydrogens (tertiary/aromatic N) is 3. The zero-order chi connectivity index (χ0) is 19.8. The van der Waals surface area contributed by atoms with Crippen LogP contribution in [0.1, 0.15) is 29.5 Å². The van der Waals surface area contributed by atoms with Crippen LogP contribution in [0.3, 0.4) is 0 Å². The van der Waals surface area contributed by atoms with E-state index in [-0.39, 0.29) is 11.8 Å². The number of carbonyl (C=O) groups is 1.